The van der Waals surface area contributed by atoms with Crippen molar-refractivity contribution in [1.82, 2.24) is 9.55 Å². The number of imidazole rings is 1. The number of anilines is 4. The number of nitrogens with one attached hydrogen (secondary N) is 4. The highest BCUT2D eigenvalue weighted by Crippen LogP contribution is 2.33. The van der Waals surface area contributed by atoms with E-state index in [1.807, 2.05) is 24.3 Å². The van der Waals surface area contributed by atoms with Gasteiger partial charge in [-0.25, -0.2) is 4.98 Å². The second kappa shape index (κ2) is 14.9. The number of hydrogen-bond donors (Lipinski definition) is 4. The SMILES string of the molecule is O=C(Nc1ccccc1)C(Sc1nc2ccccc2n1C(C(=O)Nc1ccccc1)C(=O)Nc1ccccc1)C(=O)Nc1ccccc1. The van der Waals surface area contributed by atoms with Crippen molar-refractivity contribution in [2.75, 3.05) is 21.3 Å². The Hall–Kier alpha value is -6.20. The molecule has 0 spiro atoms. The normalized spacial score (nSPS) is 10.9. The van der Waals surface area contributed by atoms with Gasteiger partial charge in [0.25, 0.3) is 11.8 Å². The average Bonchev–Trinajstić information content (AvgIpc) is 3.46. The van der Waals surface area contributed by atoms with Crippen LogP contribution in [0.3, 0.4) is 0 Å². The van der Waals surface area contributed by atoms with Crippen molar-refractivity contribution in [2.45, 2.75) is 16.4 Å². The zero-order valence-corrected chi connectivity index (χ0v) is 26.3. The van der Waals surface area contributed by atoms with Crippen LogP contribution >= 0.6 is 11.8 Å². The molecule has 0 unspecified atom stereocenters. The van der Waals surface area contributed by atoms with E-state index in [-0.39, 0.29) is 5.16 Å². The van der Waals surface area contributed by atoms with Crippen LogP contribution in [0.4, 0.5) is 22.7 Å². The third-order valence-electron chi connectivity index (χ3n) is 7.18. The van der Waals surface area contributed by atoms with E-state index in [0.29, 0.717) is 33.8 Å². The van der Waals surface area contributed by atoms with Gasteiger partial charge in [-0.3, -0.25) is 23.7 Å². The number of carbonyl (C=O) groups excluding carboxylic acids is 4. The van der Waals surface area contributed by atoms with Crippen molar-refractivity contribution >= 4 is 69.2 Å². The van der Waals surface area contributed by atoms with Crippen molar-refractivity contribution in [3.63, 3.8) is 0 Å². The van der Waals surface area contributed by atoms with Crippen molar-refractivity contribution < 1.29 is 19.2 Å². The number of hydrogen-bond acceptors (Lipinski definition) is 6. The maximum Gasteiger partial charge on any atom is 0.257 e. The van der Waals surface area contributed by atoms with E-state index in [2.05, 4.69) is 21.3 Å². The molecule has 0 saturated carbocycles. The molecule has 0 atom stereocenters. The molecule has 4 amide bonds. The molecule has 10 nitrogen and oxygen atoms in total. The summed E-state index contributed by atoms with van der Waals surface area (Å²) in [5, 5.41) is 10.0. The van der Waals surface area contributed by atoms with Gasteiger partial charge in [-0.1, -0.05) is 96.7 Å². The van der Waals surface area contributed by atoms with Gasteiger partial charge >= 0.3 is 0 Å². The van der Waals surface area contributed by atoms with E-state index in [4.69, 9.17) is 4.98 Å². The zero-order chi connectivity index (χ0) is 33.3. The molecule has 0 aliphatic carbocycles. The summed E-state index contributed by atoms with van der Waals surface area (Å²) in [6, 6.07) is 40.6. The Morgan fingerprint density at radius 3 is 1.25 bits per heavy atom. The minimum Gasteiger partial charge on any atom is -0.325 e. The van der Waals surface area contributed by atoms with Gasteiger partial charge in [0.15, 0.2) is 16.4 Å². The smallest absolute Gasteiger partial charge is 0.257 e. The third kappa shape index (κ3) is 7.60. The maximum absolute atomic E-state index is 14.1. The van der Waals surface area contributed by atoms with Gasteiger partial charge in [0.05, 0.1) is 11.0 Å². The van der Waals surface area contributed by atoms with Gasteiger partial charge < -0.3 is 21.3 Å². The van der Waals surface area contributed by atoms with Crippen molar-refractivity contribution in [1.29, 1.82) is 0 Å². The predicted molar refractivity (Wildman–Crippen MR) is 189 cm³/mol. The first-order valence-electron chi connectivity index (χ1n) is 15.0. The summed E-state index contributed by atoms with van der Waals surface area (Å²) in [5.41, 5.74) is 2.90. The molecule has 6 aromatic rings. The van der Waals surface area contributed by atoms with Crippen LogP contribution in [0.25, 0.3) is 11.0 Å². The van der Waals surface area contributed by atoms with Crippen LogP contribution in [-0.4, -0.2) is 38.4 Å². The number of para-hydroxylation sites is 6. The minimum absolute atomic E-state index is 0.115. The molecule has 0 aliphatic heterocycles. The number of carbonyl (C=O) groups is 4. The molecular formula is C37H30N6O4S. The number of nitrogens with zero attached hydrogens (tertiary/aromatic N) is 2. The summed E-state index contributed by atoms with van der Waals surface area (Å²) in [5.74, 6) is -2.51. The lowest BCUT2D eigenvalue weighted by Gasteiger charge is -2.22. The fourth-order valence-electron chi connectivity index (χ4n) is 4.96. The van der Waals surface area contributed by atoms with Crippen LogP contribution in [0.1, 0.15) is 6.04 Å². The Bertz CT molecular complexity index is 1930. The quantitative estimate of drug-likeness (QED) is 0.0920. The summed E-state index contributed by atoms with van der Waals surface area (Å²) in [7, 11) is 0. The van der Waals surface area contributed by atoms with Crippen molar-refractivity contribution in [2.24, 2.45) is 0 Å². The van der Waals surface area contributed by atoms with E-state index in [9.17, 15) is 19.2 Å². The van der Waals surface area contributed by atoms with E-state index in [1.165, 1.54) is 4.57 Å². The average molecular weight is 655 g/mol. The highest BCUT2D eigenvalue weighted by molar-refractivity contribution is 8.01. The number of aromatic nitrogens is 2. The molecule has 5 aromatic carbocycles. The minimum atomic E-state index is -1.49. The van der Waals surface area contributed by atoms with Crippen LogP contribution in [0.15, 0.2) is 151 Å². The number of amides is 4. The molecule has 0 radical (unpaired) electrons. The topological polar surface area (TPSA) is 134 Å². The molecule has 6 rings (SSSR count). The molecule has 0 saturated heterocycles. The molecule has 0 aliphatic rings. The highest BCUT2D eigenvalue weighted by atomic mass is 32.2. The summed E-state index contributed by atoms with van der Waals surface area (Å²) in [6.07, 6.45) is 0. The maximum atomic E-state index is 14.1. The second-order valence-electron chi connectivity index (χ2n) is 10.6. The molecule has 1 heterocycles. The number of benzene rings is 5. The Kier molecular flexibility index (Phi) is 9.88. The third-order valence-corrected chi connectivity index (χ3v) is 8.35. The highest BCUT2D eigenvalue weighted by Gasteiger charge is 2.36. The Morgan fingerprint density at radius 2 is 0.833 bits per heavy atom. The molecule has 4 N–H and O–H groups in total. The van der Waals surface area contributed by atoms with Crippen molar-refractivity contribution in [3.05, 3.63) is 146 Å². The molecular weight excluding hydrogens is 625 g/mol. The second-order valence-corrected chi connectivity index (χ2v) is 11.6. The van der Waals surface area contributed by atoms with Crippen LogP contribution < -0.4 is 21.3 Å². The fraction of sp³-hybridized carbons (Fsp3) is 0.0541. The molecule has 238 valence electrons. The lowest BCUT2D eigenvalue weighted by Crippen LogP contribution is -2.38. The molecule has 0 fully saturated rings. The van der Waals surface area contributed by atoms with E-state index < -0.39 is 34.9 Å². The van der Waals surface area contributed by atoms with Gasteiger partial charge in [0, 0.05) is 22.7 Å². The van der Waals surface area contributed by atoms with Gasteiger partial charge in [0.1, 0.15) is 0 Å². The van der Waals surface area contributed by atoms with E-state index >= 15 is 0 Å². The summed E-state index contributed by atoms with van der Waals surface area (Å²) >= 11 is 0.839. The van der Waals surface area contributed by atoms with Gasteiger partial charge in [-0.15, -0.1) is 0 Å². The lowest BCUT2D eigenvalue weighted by atomic mass is 10.2. The first-order valence-corrected chi connectivity index (χ1v) is 15.9. The van der Waals surface area contributed by atoms with Gasteiger partial charge in [0.2, 0.25) is 11.8 Å². The van der Waals surface area contributed by atoms with Crippen LogP contribution in [0, 0.1) is 0 Å². The predicted octanol–water partition coefficient (Wildman–Crippen LogP) is 6.59. The largest absolute Gasteiger partial charge is 0.325 e. The monoisotopic (exact) mass is 654 g/mol. The Balaban J connectivity index is 1.43. The van der Waals surface area contributed by atoms with Crippen molar-refractivity contribution in [3.8, 4) is 0 Å². The number of fused-ring (bicyclic) bond motifs is 1. The molecule has 48 heavy (non-hydrogen) atoms. The fourth-order valence-corrected chi connectivity index (χ4v) is 5.97. The molecule has 11 heteroatoms. The van der Waals surface area contributed by atoms with Crippen LogP contribution in [-0.2, 0) is 19.2 Å². The Morgan fingerprint density at radius 1 is 0.479 bits per heavy atom. The van der Waals surface area contributed by atoms with E-state index in [1.54, 1.807) is 121 Å². The zero-order valence-electron chi connectivity index (χ0n) is 25.4. The van der Waals surface area contributed by atoms with Gasteiger partial charge in [-0.05, 0) is 60.7 Å². The summed E-state index contributed by atoms with van der Waals surface area (Å²) < 4.78 is 1.47. The van der Waals surface area contributed by atoms with E-state index in [0.717, 1.165) is 11.8 Å². The standard InChI is InChI=1S/C37H30N6O4S/c44-33(38-25-15-5-1-6-16-25)31(34(45)39-26-17-7-2-8-18-26)43-30-24-14-13-23-29(30)42-37(43)48-32(35(46)40-27-19-9-3-10-20-27)36(47)41-28-21-11-4-12-22-28/h1-24,31-32H,(H,38,44)(H,39,45)(H,40,46)(H,41,47). The number of thioether (sulfide) groups is 1. The van der Waals surface area contributed by atoms with Crippen LogP contribution in [0.2, 0.25) is 0 Å². The first-order chi connectivity index (χ1) is 23.5. The molecule has 1 aromatic heterocycles. The van der Waals surface area contributed by atoms with Crippen LogP contribution in [0.5, 0.6) is 0 Å². The lowest BCUT2D eigenvalue weighted by molar-refractivity contribution is -0.128. The first kappa shape index (κ1) is 31.8. The number of rotatable bonds is 11. The van der Waals surface area contributed by atoms with Gasteiger partial charge in [-0.2, -0.15) is 0 Å². The summed E-state index contributed by atoms with van der Waals surface area (Å²) in [4.78, 5) is 60.5. The Labute approximate surface area is 280 Å². The summed E-state index contributed by atoms with van der Waals surface area (Å²) in [6.45, 7) is 0. The molecule has 0 bridgehead atoms.